The summed E-state index contributed by atoms with van der Waals surface area (Å²) in [6.07, 6.45) is 9.02. The fraction of sp³-hybridized carbons (Fsp3) is 0.714. The van der Waals surface area contributed by atoms with Crippen LogP contribution < -0.4 is 0 Å². The summed E-state index contributed by atoms with van der Waals surface area (Å²) in [5.74, 6) is 2.95. The average molecular weight is 351 g/mol. The van der Waals surface area contributed by atoms with Gasteiger partial charge in [-0.05, 0) is 72.6 Å². The van der Waals surface area contributed by atoms with Crippen LogP contribution in [0.25, 0.3) is 0 Å². The van der Waals surface area contributed by atoms with E-state index >= 15 is 0 Å². The Morgan fingerprint density at radius 1 is 1.09 bits per heavy atom. The summed E-state index contributed by atoms with van der Waals surface area (Å²) in [4.78, 5) is 2.35. The Labute approximate surface area is 154 Å². The van der Waals surface area contributed by atoms with Gasteiger partial charge in [0, 0.05) is 9.79 Å². The van der Waals surface area contributed by atoms with Gasteiger partial charge in [-0.15, -0.1) is 25.3 Å². The molecule has 0 amide bonds. The van der Waals surface area contributed by atoms with E-state index in [1.54, 1.807) is 0 Å². The molecule has 1 fully saturated rings. The van der Waals surface area contributed by atoms with E-state index in [2.05, 4.69) is 39.8 Å². The monoisotopic (exact) mass is 350 g/mol. The minimum absolute atomic E-state index is 0.628. The maximum Gasteiger partial charge on any atom is 0.00888 e. The van der Waals surface area contributed by atoms with Gasteiger partial charge in [0.05, 0.1) is 0 Å². The third-order valence-electron chi connectivity index (χ3n) is 5.66. The van der Waals surface area contributed by atoms with E-state index in [1.165, 1.54) is 59.4 Å². The van der Waals surface area contributed by atoms with Crippen LogP contribution >= 0.6 is 25.3 Å². The highest BCUT2D eigenvalue weighted by molar-refractivity contribution is 7.81. The summed E-state index contributed by atoms with van der Waals surface area (Å²) in [5, 5.41) is 0. The van der Waals surface area contributed by atoms with Crippen LogP contribution in [0, 0.1) is 17.8 Å². The molecule has 1 aromatic rings. The molecule has 3 atom stereocenters. The van der Waals surface area contributed by atoms with E-state index in [0.717, 1.165) is 24.2 Å². The number of benzene rings is 1. The number of aryl methyl sites for hydroxylation is 1. The van der Waals surface area contributed by atoms with Gasteiger partial charge in [-0.25, -0.2) is 0 Å². The number of hydrogen-bond donors (Lipinski definition) is 2. The molecule has 0 spiro atoms. The highest BCUT2D eigenvalue weighted by Gasteiger charge is 2.33. The Bertz CT molecular complexity index is 484. The van der Waals surface area contributed by atoms with E-state index in [0.29, 0.717) is 5.92 Å². The van der Waals surface area contributed by atoms with Crippen LogP contribution in [-0.4, -0.2) is 0 Å². The number of thiol groups is 2. The summed E-state index contributed by atoms with van der Waals surface area (Å²) >= 11 is 9.76. The molecule has 0 radical (unpaired) electrons. The second kappa shape index (κ2) is 8.85. The lowest BCUT2D eigenvalue weighted by Gasteiger charge is -2.39. The van der Waals surface area contributed by atoms with Gasteiger partial charge in [0.1, 0.15) is 0 Å². The van der Waals surface area contributed by atoms with Gasteiger partial charge < -0.3 is 0 Å². The van der Waals surface area contributed by atoms with Gasteiger partial charge in [-0.2, -0.15) is 0 Å². The molecular weight excluding hydrogens is 316 g/mol. The molecule has 1 saturated carbocycles. The largest absolute Gasteiger partial charge is 0.143 e. The molecule has 0 bridgehead atoms. The standard InChI is InChI=1S/C21H34S2/c1-5-6-7-8-16-12-19(22)21(20(23)13-16)18-11-15(4)9-10-17(18)14(2)3/h12-15,17-18,22-23H,5-11H2,1-4H3/t15-,17-,18+/m0/s1. The van der Waals surface area contributed by atoms with Crippen molar-refractivity contribution in [2.75, 3.05) is 0 Å². The van der Waals surface area contributed by atoms with Gasteiger partial charge in [0.25, 0.3) is 0 Å². The fourth-order valence-corrected chi connectivity index (χ4v) is 5.31. The lowest BCUT2D eigenvalue weighted by molar-refractivity contribution is 0.194. The lowest BCUT2D eigenvalue weighted by Crippen LogP contribution is -2.26. The highest BCUT2D eigenvalue weighted by Crippen LogP contribution is 2.47. The topological polar surface area (TPSA) is 0 Å². The maximum atomic E-state index is 4.88. The molecule has 0 unspecified atom stereocenters. The molecular formula is C21H34S2. The first-order chi connectivity index (χ1) is 10.9. The Morgan fingerprint density at radius 3 is 2.30 bits per heavy atom. The average Bonchev–Trinajstić information content (AvgIpc) is 2.46. The first-order valence-corrected chi connectivity index (χ1v) is 10.4. The summed E-state index contributed by atoms with van der Waals surface area (Å²) in [6, 6.07) is 4.62. The summed E-state index contributed by atoms with van der Waals surface area (Å²) in [5.41, 5.74) is 2.82. The quantitative estimate of drug-likeness (QED) is 0.394. The van der Waals surface area contributed by atoms with E-state index in [1.807, 2.05) is 0 Å². The number of hydrogen-bond acceptors (Lipinski definition) is 2. The summed E-state index contributed by atoms with van der Waals surface area (Å²) in [7, 11) is 0. The van der Waals surface area contributed by atoms with Gasteiger partial charge in [0.2, 0.25) is 0 Å². The molecule has 1 aliphatic carbocycles. The van der Waals surface area contributed by atoms with E-state index < -0.39 is 0 Å². The van der Waals surface area contributed by atoms with Gasteiger partial charge in [-0.3, -0.25) is 0 Å². The second-order valence-electron chi connectivity index (χ2n) is 7.94. The SMILES string of the molecule is CCCCCc1cc(S)c([C@@H]2C[C@@H](C)CC[C@H]2C(C)C)c(S)c1. The van der Waals surface area contributed by atoms with Gasteiger partial charge in [0.15, 0.2) is 0 Å². The van der Waals surface area contributed by atoms with Crippen molar-refractivity contribution in [3.63, 3.8) is 0 Å². The molecule has 0 aliphatic heterocycles. The molecule has 0 nitrogen and oxygen atoms in total. The molecule has 0 saturated heterocycles. The van der Waals surface area contributed by atoms with Crippen molar-refractivity contribution in [1.82, 2.24) is 0 Å². The van der Waals surface area contributed by atoms with Crippen molar-refractivity contribution in [3.8, 4) is 0 Å². The van der Waals surface area contributed by atoms with Crippen molar-refractivity contribution in [2.24, 2.45) is 17.8 Å². The predicted octanol–water partition coefficient (Wildman–Crippen LogP) is 7.17. The molecule has 0 N–H and O–H groups in total. The normalized spacial score (nSPS) is 25.1. The van der Waals surface area contributed by atoms with Gasteiger partial charge in [-0.1, -0.05) is 47.0 Å². The Hall–Kier alpha value is -0.0800. The van der Waals surface area contributed by atoms with E-state index in [9.17, 15) is 0 Å². The first-order valence-electron chi connectivity index (χ1n) is 9.48. The second-order valence-corrected chi connectivity index (χ2v) is 8.90. The Morgan fingerprint density at radius 2 is 1.74 bits per heavy atom. The Kier molecular flexibility index (Phi) is 7.41. The lowest BCUT2D eigenvalue weighted by atomic mass is 9.67. The molecule has 0 aromatic heterocycles. The zero-order valence-corrected chi connectivity index (χ0v) is 17.1. The van der Waals surface area contributed by atoms with Crippen LogP contribution in [0.4, 0.5) is 0 Å². The first kappa shape index (κ1) is 19.2. The van der Waals surface area contributed by atoms with Crippen molar-refractivity contribution in [3.05, 3.63) is 23.3 Å². The van der Waals surface area contributed by atoms with Gasteiger partial charge >= 0.3 is 0 Å². The predicted molar refractivity (Wildman–Crippen MR) is 108 cm³/mol. The number of unbranched alkanes of at least 4 members (excludes halogenated alkanes) is 2. The minimum Gasteiger partial charge on any atom is -0.143 e. The Balaban J connectivity index is 2.26. The molecule has 130 valence electrons. The molecule has 2 heteroatoms. The number of rotatable bonds is 6. The van der Waals surface area contributed by atoms with Crippen LogP contribution in [0.2, 0.25) is 0 Å². The summed E-state index contributed by atoms with van der Waals surface area (Å²) in [6.45, 7) is 9.42. The van der Waals surface area contributed by atoms with Crippen LogP contribution in [0.15, 0.2) is 21.9 Å². The maximum absolute atomic E-state index is 4.88. The van der Waals surface area contributed by atoms with E-state index in [-0.39, 0.29) is 0 Å². The van der Waals surface area contributed by atoms with Crippen molar-refractivity contribution in [2.45, 2.75) is 88.3 Å². The molecule has 2 rings (SSSR count). The molecule has 0 heterocycles. The molecule has 1 aliphatic rings. The van der Waals surface area contributed by atoms with Crippen molar-refractivity contribution in [1.29, 1.82) is 0 Å². The minimum atomic E-state index is 0.628. The zero-order valence-electron chi connectivity index (χ0n) is 15.3. The van der Waals surface area contributed by atoms with E-state index in [4.69, 9.17) is 25.3 Å². The molecule has 23 heavy (non-hydrogen) atoms. The smallest absolute Gasteiger partial charge is 0.00888 e. The highest BCUT2D eigenvalue weighted by atomic mass is 32.1. The third-order valence-corrected chi connectivity index (χ3v) is 6.40. The van der Waals surface area contributed by atoms with Crippen molar-refractivity contribution < 1.29 is 0 Å². The van der Waals surface area contributed by atoms with Crippen LogP contribution in [-0.2, 0) is 6.42 Å². The van der Waals surface area contributed by atoms with Crippen LogP contribution in [0.5, 0.6) is 0 Å². The van der Waals surface area contributed by atoms with Crippen LogP contribution in [0.1, 0.15) is 83.3 Å². The molecule has 1 aromatic carbocycles. The van der Waals surface area contributed by atoms with Crippen LogP contribution in [0.3, 0.4) is 0 Å². The van der Waals surface area contributed by atoms with Crippen molar-refractivity contribution >= 4 is 25.3 Å². The third kappa shape index (κ3) is 4.95. The summed E-state index contributed by atoms with van der Waals surface area (Å²) < 4.78 is 0. The zero-order chi connectivity index (χ0) is 17.0. The fourth-order valence-electron chi connectivity index (χ4n) is 4.32.